The Morgan fingerprint density at radius 2 is 2.29 bits per heavy atom. The van der Waals surface area contributed by atoms with Crippen molar-refractivity contribution in [2.24, 2.45) is 5.11 Å². The van der Waals surface area contributed by atoms with Crippen LogP contribution in [-0.2, 0) is 0 Å². The Morgan fingerprint density at radius 3 is 3.18 bits per heavy atom. The topological polar surface area (TPSA) is 61.7 Å². The largest absolute Gasteiger partial charge is 0.256 e. The van der Waals surface area contributed by atoms with Crippen LogP contribution >= 0.6 is 0 Å². The molecule has 0 aliphatic rings. The average molecular weight is 224 g/mol. The zero-order chi connectivity index (χ0) is 11.9. The van der Waals surface area contributed by atoms with E-state index in [1.54, 1.807) is 6.20 Å². The second-order valence-corrected chi connectivity index (χ2v) is 3.60. The Labute approximate surface area is 99.2 Å². The van der Waals surface area contributed by atoms with Crippen molar-refractivity contribution in [1.29, 1.82) is 0 Å². The van der Waals surface area contributed by atoms with Crippen LogP contribution in [-0.4, -0.2) is 11.5 Å². The molecule has 1 aromatic heterocycles. The fourth-order valence-corrected chi connectivity index (χ4v) is 1.58. The molecular formula is C13H12N4. The molecule has 0 N–H and O–H groups in total. The smallest absolute Gasteiger partial charge is 0.0707 e. The molecule has 0 radical (unpaired) electrons. The molecule has 1 heterocycles. The molecule has 0 amide bonds. The zero-order valence-electron chi connectivity index (χ0n) is 9.32. The van der Waals surface area contributed by atoms with E-state index in [0.29, 0.717) is 6.54 Å². The first-order valence-corrected chi connectivity index (χ1v) is 5.42. The number of benzene rings is 1. The van der Waals surface area contributed by atoms with Gasteiger partial charge >= 0.3 is 0 Å². The molecule has 2 aromatic rings. The Morgan fingerprint density at radius 1 is 1.35 bits per heavy atom. The third kappa shape index (κ3) is 3.06. The van der Waals surface area contributed by atoms with Crippen molar-refractivity contribution in [3.8, 4) is 0 Å². The maximum atomic E-state index is 8.13. The van der Waals surface area contributed by atoms with Gasteiger partial charge in [0.1, 0.15) is 0 Å². The SMILES string of the molecule is [N-]=[N+]=NCCC=Cc1ccc2cccnc2c1. The molecule has 2 rings (SSSR count). The molecule has 1 aromatic carbocycles. The van der Waals surface area contributed by atoms with Crippen molar-refractivity contribution < 1.29 is 0 Å². The third-order valence-corrected chi connectivity index (χ3v) is 2.40. The molecule has 0 aliphatic carbocycles. The molecule has 0 bridgehead atoms. The van der Waals surface area contributed by atoms with Gasteiger partial charge in [0, 0.05) is 23.0 Å². The Bertz CT molecular complexity index is 583. The number of hydrogen-bond acceptors (Lipinski definition) is 2. The minimum atomic E-state index is 0.499. The summed E-state index contributed by atoms with van der Waals surface area (Å²) in [4.78, 5) is 7.00. The monoisotopic (exact) mass is 224 g/mol. The van der Waals surface area contributed by atoms with Crippen LogP contribution in [0.1, 0.15) is 12.0 Å². The van der Waals surface area contributed by atoms with Crippen molar-refractivity contribution in [3.05, 3.63) is 58.6 Å². The minimum Gasteiger partial charge on any atom is -0.256 e. The first kappa shape index (κ1) is 11.2. The van der Waals surface area contributed by atoms with Crippen LogP contribution in [0, 0.1) is 0 Å². The minimum absolute atomic E-state index is 0.499. The van der Waals surface area contributed by atoms with E-state index in [2.05, 4.69) is 21.1 Å². The first-order valence-electron chi connectivity index (χ1n) is 5.42. The summed E-state index contributed by atoms with van der Waals surface area (Å²) < 4.78 is 0. The molecule has 0 fully saturated rings. The van der Waals surface area contributed by atoms with Gasteiger partial charge in [0.05, 0.1) is 5.52 Å². The normalized spacial score (nSPS) is 10.6. The summed E-state index contributed by atoms with van der Waals surface area (Å²) in [6, 6.07) is 10.1. The molecule has 0 aliphatic heterocycles. The number of rotatable bonds is 4. The number of aromatic nitrogens is 1. The van der Waals surface area contributed by atoms with Gasteiger partial charge < -0.3 is 0 Å². The lowest BCUT2D eigenvalue weighted by atomic mass is 10.1. The van der Waals surface area contributed by atoms with Gasteiger partial charge in [-0.05, 0) is 29.6 Å². The van der Waals surface area contributed by atoms with Gasteiger partial charge in [-0.1, -0.05) is 35.5 Å². The van der Waals surface area contributed by atoms with E-state index < -0.39 is 0 Å². The average Bonchev–Trinajstić information content (AvgIpc) is 2.38. The van der Waals surface area contributed by atoms with E-state index in [9.17, 15) is 0 Å². The molecule has 17 heavy (non-hydrogen) atoms. The van der Waals surface area contributed by atoms with Crippen molar-refractivity contribution in [2.75, 3.05) is 6.54 Å². The van der Waals surface area contributed by atoms with Crippen LogP contribution in [0.15, 0.2) is 47.7 Å². The fourth-order valence-electron chi connectivity index (χ4n) is 1.58. The lowest BCUT2D eigenvalue weighted by Crippen LogP contribution is -1.79. The van der Waals surface area contributed by atoms with Gasteiger partial charge in [-0.15, -0.1) is 0 Å². The molecule has 84 valence electrons. The highest BCUT2D eigenvalue weighted by molar-refractivity contribution is 5.80. The van der Waals surface area contributed by atoms with Crippen LogP contribution in [0.5, 0.6) is 0 Å². The quantitative estimate of drug-likeness (QED) is 0.335. The van der Waals surface area contributed by atoms with E-state index in [1.807, 2.05) is 36.4 Å². The number of nitrogens with zero attached hydrogens (tertiary/aromatic N) is 4. The van der Waals surface area contributed by atoms with Crippen LogP contribution in [0.2, 0.25) is 0 Å². The summed E-state index contributed by atoms with van der Waals surface area (Å²) in [5, 5.41) is 4.61. The summed E-state index contributed by atoms with van der Waals surface area (Å²) >= 11 is 0. The molecule has 4 nitrogen and oxygen atoms in total. The molecule has 0 unspecified atom stereocenters. The van der Waals surface area contributed by atoms with Gasteiger partial charge in [-0.25, -0.2) is 0 Å². The predicted molar refractivity (Wildman–Crippen MR) is 69.4 cm³/mol. The van der Waals surface area contributed by atoms with Crippen molar-refractivity contribution >= 4 is 17.0 Å². The number of fused-ring (bicyclic) bond motifs is 1. The summed E-state index contributed by atoms with van der Waals surface area (Å²) in [6.45, 7) is 0.499. The fraction of sp³-hybridized carbons (Fsp3) is 0.154. The van der Waals surface area contributed by atoms with Crippen molar-refractivity contribution in [2.45, 2.75) is 6.42 Å². The summed E-state index contributed by atoms with van der Waals surface area (Å²) in [6.07, 6.45) is 6.56. The van der Waals surface area contributed by atoms with Gasteiger partial charge in [0.25, 0.3) is 0 Å². The molecule has 0 saturated carbocycles. The zero-order valence-corrected chi connectivity index (χ0v) is 9.32. The first-order chi connectivity index (χ1) is 8.40. The lowest BCUT2D eigenvalue weighted by molar-refractivity contribution is 0.996. The van der Waals surface area contributed by atoms with Gasteiger partial charge in [-0.3, -0.25) is 4.98 Å². The van der Waals surface area contributed by atoms with Crippen LogP contribution < -0.4 is 0 Å². The Kier molecular flexibility index (Phi) is 3.73. The van der Waals surface area contributed by atoms with Crippen LogP contribution in [0.3, 0.4) is 0 Å². The number of pyridine rings is 1. The second-order valence-electron chi connectivity index (χ2n) is 3.60. The highest BCUT2D eigenvalue weighted by atomic mass is 15.1. The standard InChI is InChI=1S/C13H12N4/c14-17-16-9-2-1-4-11-6-7-12-5-3-8-15-13(12)10-11/h1,3-8,10H,2,9H2. The maximum absolute atomic E-state index is 8.13. The van der Waals surface area contributed by atoms with Gasteiger partial charge in [-0.2, -0.15) is 0 Å². The van der Waals surface area contributed by atoms with E-state index in [-0.39, 0.29) is 0 Å². The maximum Gasteiger partial charge on any atom is 0.0707 e. The van der Waals surface area contributed by atoms with Crippen molar-refractivity contribution in [1.82, 2.24) is 4.98 Å². The van der Waals surface area contributed by atoms with E-state index in [4.69, 9.17) is 5.53 Å². The molecule has 4 heteroatoms. The predicted octanol–water partition coefficient (Wildman–Crippen LogP) is 3.95. The lowest BCUT2D eigenvalue weighted by Gasteiger charge is -1.97. The summed E-state index contributed by atoms with van der Waals surface area (Å²) in [5.41, 5.74) is 10.2. The van der Waals surface area contributed by atoms with Gasteiger partial charge in [0.15, 0.2) is 0 Å². The van der Waals surface area contributed by atoms with Crippen LogP contribution in [0.25, 0.3) is 27.4 Å². The Balaban J connectivity index is 2.11. The van der Waals surface area contributed by atoms with Crippen LogP contribution in [0.4, 0.5) is 0 Å². The summed E-state index contributed by atoms with van der Waals surface area (Å²) in [7, 11) is 0. The molecule has 0 atom stereocenters. The van der Waals surface area contributed by atoms with E-state index >= 15 is 0 Å². The summed E-state index contributed by atoms with van der Waals surface area (Å²) in [5.74, 6) is 0. The second kappa shape index (κ2) is 5.68. The van der Waals surface area contributed by atoms with Gasteiger partial charge in [0.2, 0.25) is 0 Å². The molecule has 0 saturated heterocycles. The molecule has 0 spiro atoms. The number of azide groups is 1. The molecular weight excluding hydrogens is 212 g/mol. The number of hydrogen-bond donors (Lipinski definition) is 0. The third-order valence-electron chi connectivity index (χ3n) is 2.40. The van der Waals surface area contributed by atoms with E-state index in [1.165, 1.54) is 0 Å². The highest BCUT2D eigenvalue weighted by Crippen LogP contribution is 2.14. The highest BCUT2D eigenvalue weighted by Gasteiger charge is 1.93. The van der Waals surface area contributed by atoms with Crippen molar-refractivity contribution in [3.63, 3.8) is 0 Å². The Hall–Kier alpha value is -2.32. The van der Waals surface area contributed by atoms with E-state index in [0.717, 1.165) is 22.9 Å².